The van der Waals surface area contributed by atoms with Gasteiger partial charge in [0.15, 0.2) is 34.7 Å². The number of anilines is 1. The predicted octanol–water partition coefficient (Wildman–Crippen LogP) is -0.0289. The molecule has 1 amide bonds. The van der Waals surface area contributed by atoms with Crippen molar-refractivity contribution in [3.63, 3.8) is 0 Å². The smallest absolute Gasteiger partial charge is 0.235 e. The number of rotatable bonds is 2. The molecular formula is C24H21N3O7. The highest BCUT2D eigenvalue weighted by Gasteiger charge is 2.66. The summed E-state index contributed by atoms with van der Waals surface area (Å²) in [4.78, 5) is 68.5. The number of carbonyl (C=O) groups excluding carboxylic acids is 5. The van der Waals surface area contributed by atoms with E-state index in [2.05, 4.69) is 4.98 Å². The Morgan fingerprint density at radius 1 is 1.12 bits per heavy atom. The fraction of sp³-hybridized carbons (Fsp3) is 0.333. The number of carbonyl (C=O) groups is 5. The number of phenols is 1. The monoisotopic (exact) mass is 463 g/mol. The van der Waals surface area contributed by atoms with Crippen LogP contribution < -0.4 is 11.5 Å². The van der Waals surface area contributed by atoms with E-state index in [4.69, 9.17) is 11.5 Å². The van der Waals surface area contributed by atoms with Crippen molar-refractivity contribution in [1.29, 1.82) is 0 Å². The SMILES string of the molecule is NC(=O)C1C(=O)C[C@@H]2C[C@@H]3Cc4c(-c5ccccn5)cc(N)c(O)c4C(=O)C3C(=O)[C@]2(O)C1=O. The van der Waals surface area contributed by atoms with Crippen LogP contribution in [-0.4, -0.2) is 49.8 Å². The van der Waals surface area contributed by atoms with Gasteiger partial charge in [0, 0.05) is 24.1 Å². The Kier molecular flexibility index (Phi) is 4.70. The van der Waals surface area contributed by atoms with Crippen LogP contribution in [0.1, 0.15) is 28.8 Å². The van der Waals surface area contributed by atoms with Crippen LogP contribution in [0, 0.1) is 23.7 Å². The number of primary amides is 1. The molecule has 6 N–H and O–H groups in total. The summed E-state index contributed by atoms with van der Waals surface area (Å²) in [6.07, 6.45) is 1.36. The zero-order valence-electron chi connectivity index (χ0n) is 17.9. The van der Waals surface area contributed by atoms with E-state index in [9.17, 15) is 34.2 Å². The van der Waals surface area contributed by atoms with Crippen LogP contribution >= 0.6 is 0 Å². The maximum atomic E-state index is 13.6. The number of amides is 1. The number of nitrogens with two attached hydrogens (primary N) is 2. The van der Waals surface area contributed by atoms with Gasteiger partial charge in [0.1, 0.15) is 5.75 Å². The van der Waals surface area contributed by atoms with Crippen LogP contribution in [-0.2, 0) is 25.6 Å². The first-order valence-electron chi connectivity index (χ1n) is 10.8. The maximum absolute atomic E-state index is 13.6. The molecule has 10 nitrogen and oxygen atoms in total. The third-order valence-corrected chi connectivity index (χ3v) is 7.37. The van der Waals surface area contributed by atoms with Crippen LogP contribution in [0.15, 0.2) is 30.5 Å². The Hall–Kier alpha value is -3.92. The molecule has 0 bridgehead atoms. The number of hydrogen-bond acceptors (Lipinski definition) is 9. The lowest BCUT2D eigenvalue weighted by Crippen LogP contribution is -2.68. The molecule has 174 valence electrons. The average molecular weight is 463 g/mol. The summed E-state index contributed by atoms with van der Waals surface area (Å²) in [5.41, 5.74) is 9.73. The first kappa shape index (κ1) is 21.9. The third kappa shape index (κ3) is 2.78. The molecule has 2 unspecified atom stereocenters. The van der Waals surface area contributed by atoms with Gasteiger partial charge in [-0.1, -0.05) is 6.07 Å². The molecule has 2 aromatic rings. The molecule has 1 heterocycles. The Bertz CT molecular complexity index is 1310. The average Bonchev–Trinajstić information content (AvgIpc) is 2.79. The second-order valence-electron chi connectivity index (χ2n) is 9.17. The van der Waals surface area contributed by atoms with E-state index >= 15 is 0 Å². The van der Waals surface area contributed by atoms with Crippen LogP contribution in [0.5, 0.6) is 5.75 Å². The summed E-state index contributed by atoms with van der Waals surface area (Å²) in [6, 6.07) is 6.70. The van der Waals surface area contributed by atoms with Gasteiger partial charge < -0.3 is 21.7 Å². The molecule has 0 aliphatic heterocycles. The lowest BCUT2D eigenvalue weighted by molar-refractivity contribution is -0.175. The Morgan fingerprint density at radius 3 is 2.50 bits per heavy atom. The zero-order chi connectivity index (χ0) is 24.5. The van der Waals surface area contributed by atoms with Gasteiger partial charge in [0.25, 0.3) is 0 Å². The number of phenolic OH excluding ortho intramolecular Hbond substituents is 1. The summed E-state index contributed by atoms with van der Waals surface area (Å²) < 4.78 is 0. The summed E-state index contributed by atoms with van der Waals surface area (Å²) in [6.45, 7) is 0. The highest BCUT2D eigenvalue weighted by atomic mass is 16.3. The first-order chi connectivity index (χ1) is 16.1. The second-order valence-corrected chi connectivity index (χ2v) is 9.17. The van der Waals surface area contributed by atoms with Crippen molar-refractivity contribution < 1.29 is 34.2 Å². The van der Waals surface area contributed by atoms with Crippen LogP contribution in [0.25, 0.3) is 11.3 Å². The molecular weight excluding hydrogens is 442 g/mol. The summed E-state index contributed by atoms with van der Waals surface area (Å²) in [7, 11) is 0. The minimum Gasteiger partial charge on any atom is -0.505 e. The van der Waals surface area contributed by atoms with Crippen LogP contribution in [0.2, 0.25) is 0 Å². The van der Waals surface area contributed by atoms with E-state index in [1.165, 1.54) is 6.07 Å². The molecule has 0 radical (unpaired) electrons. The highest BCUT2D eigenvalue weighted by Crippen LogP contribution is 2.51. The number of pyridine rings is 1. The lowest BCUT2D eigenvalue weighted by Gasteiger charge is -2.48. The van der Waals surface area contributed by atoms with Gasteiger partial charge >= 0.3 is 0 Å². The molecule has 5 rings (SSSR count). The van der Waals surface area contributed by atoms with Crippen molar-refractivity contribution in [2.24, 2.45) is 29.4 Å². The number of nitrogen functional groups attached to an aromatic ring is 1. The van der Waals surface area contributed by atoms with Crippen molar-refractivity contribution in [2.75, 3.05) is 5.73 Å². The largest absolute Gasteiger partial charge is 0.505 e. The topological polar surface area (TPSA) is 191 Å². The molecule has 10 heteroatoms. The molecule has 0 spiro atoms. The van der Waals surface area contributed by atoms with E-state index in [1.54, 1.807) is 24.4 Å². The van der Waals surface area contributed by atoms with Crippen LogP contribution in [0.4, 0.5) is 5.69 Å². The quantitative estimate of drug-likeness (QED) is 0.269. The molecule has 2 fully saturated rings. The van der Waals surface area contributed by atoms with Crippen molar-refractivity contribution in [2.45, 2.75) is 24.9 Å². The fourth-order valence-electron chi connectivity index (χ4n) is 5.81. The van der Waals surface area contributed by atoms with Gasteiger partial charge in [-0.3, -0.25) is 29.0 Å². The fourth-order valence-corrected chi connectivity index (χ4v) is 5.81. The number of aliphatic hydroxyl groups is 1. The molecule has 1 aromatic heterocycles. The lowest BCUT2D eigenvalue weighted by atomic mass is 9.53. The van der Waals surface area contributed by atoms with Gasteiger partial charge in [0.05, 0.1) is 22.9 Å². The highest BCUT2D eigenvalue weighted by molar-refractivity contribution is 6.31. The van der Waals surface area contributed by atoms with E-state index in [0.29, 0.717) is 16.8 Å². The van der Waals surface area contributed by atoms with E-state index in [0.717, 1.165) is 0 Å². The van der Waals surface area contributed by atoms with Gasteiger partial charge in [-0.15, -0.1) is 0 Å². The Labute approximate surface area is 193 Å². The molecule has 3 aliphatic carbocycles. The van der Waals surface area contributed by atoms with Gasteiger partial charge in [-0.25, -0.2) is 0 Å². The van der Waals surface area contributed by atoms with Crippen molar-refractivity contribution >= 4 is 34.7 Å². The zero-order valence-corrected chi connectivity index (χ0v) is 17.9. The second kappa shape index (κ2) is 7.29. The Morgan fingerprint density at radius 2 is 1.85 bits per heavy atom. The summed E-state index contributed by atoms with van der Waals surface area (Å²) in [5, 5.41) is 21.9. The number of Topliss-reactive ketones (excluding diaryl/α,β-unsaturated/α-hetero) is 4. The third-order valence-electron chi connectivity index (χ3n) is 7.37. The number of hydrogen-bond donors (Lipinski definition) is 4. The molecule has 34 heavy (non-hydrogen) atoms. The Balaban J connectivity index is 1.65. The number of benzene rings is 1. The number of fused-ring (bicyclic) bond motifs is 3. The van der Waals surface area contributed by atoms with Crippen molar-refractivity contribution in [3.8, 4) is 17.0 Å². The summed E-state index contributed by atoms with van der Waals surface area (Å²) in [5.74, 6) is -10.7. The maximum Gasteiger partial charge on any atom is 0.235 e. The van der Waals surface area contributed by atoms with Gasteiger partial charge in [-0.05, 0) is 42.5 Å². The van der Waals surface area contributed by atoms with Gasteiger partial charge in [0.2, 0.25) is 5.91 Å². The predicted molar refractivity (Wildman–Crippen MR) is 116 cm³/mol. The van der Waals surface area contributed by atoms with E-state index in [1.807, 2.05) is 0 Å². The van der Waals surface area contributed by atoms with E-state index in [-0.39, 0.29) is 30.5 Å². The number of aromatic hydroxyl groups is 1. The van der Waals surface area contributed by atoms with E-state index < -0.39 is 64.1 Å². The molecule has 1 aromatic carbocycles. The molecule has 0 saturated heterocycles. The standard InChI is InChI=1S/C24H21N3O7/c25-13-8-11(14-3-1-2-4-27-14)12-6-9-5-10-7-15(28)18(23(26)33)22(32)24(10,34)21(31)16(9)20(30)17(12)19(13)29/h1-4,8-10,16,18,29,34H,5-7,25H2,(H2,26,33)/t9-,10+,16?,18?,24+/m1/s1. The normalized spacial score (nSPS) is 30.4. The summed E-state index contributed by atoms with van der Waals surface area (Å²) >= 11 is 0. The molecule has 2 saturated carbocycles. The minimum absolute atomic E-state index is 0.0217. The van der Waals surface area contributed by atoms with Gasteiger partial charge in [-0.2, -0.15) is 0 Å². The number of nitrogens with zero attached hydrogens (tertiary/aromatic N) is 1. The van der Waals surface area contributed by atoms with Crippen molar-refractivity contribution in [1.82, 2.24) is 4.98 Å². The number of aromatic nitrogens is 1. The van der Waals surface area contributed by atoms with Crippen molar-refractivity contribution in [3.05, 3.63) is 41.6 Å². The first-order valence-corrected chi connectivity index (χ1v) is 10.8. The number of ketones is 4. The minimum atomic E-state index is -2.68. The van der Waals surface area contributed by atoms with Crippen LogP contribution in [0.3, 0.4) is 0 Å². The molecule has 3 aliphatic rings. The molecule has 5 atom stereocenters.